The van der Waals surface area contributed by atoms with Gasteiger partial charge in [0.15, 0.2) is 0 Å². The van der Waals surface area contributed by atoms with E-state index in [2.05, 4.69) is 15.9 Å². The maximum absolute atomic E-state index is 11.2. The van der Waals surface area contributed by atoms with Crippen molar-refractivity contribution in [2.24, 2.45) is 5.14 Å². The normalized spacial score (nSPS) is 12.1. The van der Waals surface area contributed by atoms with Crippen LogP contribution in [0.15, 0.2) is 32.5 Å². The Hall–Kier alpha value is -0.131. The Balaban J connectivity index is 2.89. The molecule has 6 heteroatoms. The zero-order valence-electron chi connectivity index (χ0n) is 6.90. The van der Waals surface area contributed by atoms with Crippen LogP contribution in [0.2, 0.25) is 0 Å². The summed E-state index contributed by atoms with van der Waals surface area (Å²) in [7, 11) is -3.56. The molecule has 0 spiro atoms. The van der Waals surface area contributed by atoms with Crippen LogP contribution in [-0.2, 0) is 10.0 Å². The minimum absolute atomic E-state index is 0.205. The summed E-state index contributed by atoms with van der Waals surface area (Å²) in [5, 5.41) is 6.05. The second kappa shape index (κ2) is 3.47. The molecule has 0 radical (unpaired) electrons. The average molecular weight is 339 g/mol. The molecule has 0 aliphatic rings. The number of halogens is 1. The van der Waals surface area contributed by atoms with E-state index in [1.54, 1.807) is 0 Å². The fraction of sp³-hybridized carbons (Fsp3) is 0. The van der Waals surface area contributed by atoms with Crippen molar-refractivity contribution in [3.63, 3.8) is 0 Å². The monoisotopic (exact) mass is 339 g/mol. The van der Waals surface area contributed by atoms with E-state index in [9.17, 15) is 8.42 Å². The van der Waals surface area contributed by atoms with Crippen LogP contribution in [0.25, 0.3) is 9.65 Å². The zero-order valence-corrected chi connectivity index (χ0v) is 11.0. The molecular formula is C8H6BrNO2SSe. The molecule has 1 aromatic heterocycles. The van der Waals surface area contributed by atoms with Crippen LogP contribution in [0, 0.1) is 0 Å². The third kappa shape index (κ3) is 1.68. The van der Waals surface area contributed by atoms with Crippen molar-refractivity contribution in [3.8, 4) is 0 Å². The first-order chi connectivity index (χ1) is 6.50. The molecule has 14 heavy (non-hydrogen) atoms. The summed E-state index contributed by atoms with van der Waals surface area (Å²) in [5.74, 6) is 0. The van der Waals surface area contributed by atoms with Crippen LogP contribution >= 0.6 is 15.9 Å². The molecule has 1 aromatic carbocycles. The number of benzene rings is 1. The summed E-state index contributed by atoms with van der Waals surface area (Å²) in [6.07, 6.45) is 0. The van der Waals surface area contributed by atoms with Crippen LogP contribution in [-0.4, -0.2) is 22.9 Å². The number of fused-ring (bicyclic) bond motifs is 1. The predicted molar refractivity (Wildman–Crippen MR) is 60.0 cm³/mol. The van der Waals surface area contributed by atoms with Gasteiger partial charge in [-0.2, -0.15) is 0 Å². The fourth-order valence-electron chi connectivity index (χ4n) is 1.17. The Bertz CT molecular complexity index is 590. The molecular weight excluding hydrogens is 333 g/mol. The van der Waals surface area contributed by atoms with Crippen molar-refractivity contribution in [3.05, 3.63) is 28.7 Å². The van der Waals surface area contributed by atoms with E-state index in [0.29, 0.717) is 8.24 Å². The van der Waals surface area contributed by atoms with Crippen molar-refractivity contribution in [2.45, 2.75) is 3.77 Å². The molecule has 74 valence electrons. The van der Waals surface area contributed by atoms with Crippen molar-refractivity contribution in [1.29, 1.82) is 0 Å². The van der Waals surface area contributed by atoms with E-state index >= 15 is 0 Å². The van der Waals surface area contributed by atoms with Gasteiger partial charge in [0.25, 0.3) is 0 Å². The Labute approximate surface area is 95.8 Å². The van der Waals surface area contributed by atoms with Crippen LogP contribution in [0.4, 0.5) is 0 Å². The zero-order chi connectivity index (χ0) is 10.3. The molecule has 0 aliphatic carbocycles. The average Bonchev–Trinajstić information content (AvgIpc) is 2.44. The molecule has 2 N–H and O–H groups in total. The summed E-state index contributed by atoms with van der Waals surface area (Å²) in [6, 6.07) is 7.59. The standard InChI is InChI=1S/C8H6BrNO2SSe/c9-7-5-3-1-2-4-6(5)14-8(7)13(10,11)12/h1-4H,(H2,10,11,12). The van der Waals surface area contributed by atoms with Gasteiger partial charge in [0, 0.05) is 0 Å². The Morgan fingerprint density at radius 3 is 2.50 bits per heavy atom. The molecule has 2 rings (SSSR count). The van der Waals surface area contributed by atoms with E-state index in [0.717, 1.165) is 9.65 Å². The number of hydrogen-bond acceptors (Lipinski definition) is 2. The molecule has 2 aromatic rings. The Kier molecular flexibility index (Phi) is 2.57. The molecule has 0 unspecified atom stereocenters. The molecule has 0 atom stereocenters. The van der Waals surface area contributed by atoms with Crippen molar-refractivity contribution >= 4 is 50.1 Å². The summed E-state index contributed by atoms with van der Waals surface area (Å²) in [4.78, 5) is 0. The maximum atomic E-state index is 11.2. The summed E-state index contributed by atoms with van der Waals surface area (Å²) in [5.41, 5.74) is 0. The minimum atomic E-state index is -3.56. The van der Waals surface area contributed by atoms with Gasteiger partial charge >= 0.3 is 96.2 Å². The van der Waals surface area contributed by atoms with Gasteiger partial charge in [-0.1, -0.05) is 0 Å². The van der Waals surface area contributed by atoms with Crippen molar-refractivity contribution in [2.75, 3.05) is 0 Å². The first-order valence-electron chi connectivity index (χ1n) is 3.70. The number of rotatable bonds is 1. The second-order valence-electron chi connectivity index (χ2n) is 2.74. The Morgan fingerprint density at radius 2 is 1.93 bits per heavy atom. The molecule has 0 amide bonds. The van der Waals surface area contributed by atoms with Crippen LogP contribution in [0.3, 0.4) is 0 Å². The van der Waals surface area contributed by atoms with Gasteiger partial charge in [0.05, 0.1) is 0 Å². The van der Waals surface area contributed by atoms with Crippen LogP contribution in [0.5, 0.6) is 0 Å². The molecule has 0 fully saturated rings. The van der Waals surface area contributed by atoms with Crippen LogP contribution < -0.4 is 5.14 Å². The van der Waals surface area contributed by atoms with Gasteiger partial charge in [0.2, 0.25) is 0 Å². The van der Waals surface area contributed by atoms with E-state index < -0.39 is 10.0 Å². The molecule has 0 saturated heterocycles. The third-order valence-electron chi connectivity index (χ3n) is 1.76. The van der Waals surface area contributed by atoms with Gasteiger partial charge < -0.3 is 0 Å². The second-order valence-corrected chi connectivity index (χ2v) is 7.83. The van der Waals surface area contributed by atoms with Gasteiger partial charge in [-0.15, -0.1) is 0 Å². The van der Waals surface area contributed by atoms with E-state index in [1.165, 1.54) is 0 Å². The number of sulfonamides is 1. The van der Waals surface area contributed by atoms with Crippen molar-refractivity contribution < 1.29 is 8.42 Å². The van der Waals surface area contributed by atoms with Gasteiger partial charge in [-0.05, 0) is 0 Å². The van der Waals surface area contributed by atoms with E-state index in [4.69, 9.17) is 5.14 Å². The quantitative estimate of drug-likeness (QED) is 0.797. The topological polar surface area (TPSA) is 60.2 Å². The molecule has 3 nitrogen and oxygen atoms in total. The van der Waals surface area contributed by atoms with Gasteiger partial charge in [0.1, 0.15) is 0 Å². The van der Waals surface area contributed by atoms with Gasteiger partial charge in [-0.25, -0.2) is 0 Å². The molecule has 0 saturated carbocycles. The molecule has 0 aliphatic heterocycles. The number of nitrogens with two attached hydrogens (primary N) is 1. The fourth-order valence-corrected chi connectivity index (χ4v) is 6.32. The SMILES string of the molecule is NS(=O)(=O)c1[se]c2ccccc2c1Br. The first-order valence-corrected chi connectivity index (χ1v) is 7.75. The third-order valence-corrected chi connectivity index (χ3v) is 8.08. The van der Waals surface area contributed by atoms with Crippen LogP contribution in [0.1, 0.15) is 0 Å². The summed E-state index contributed by atoms with van der Waals surface area (Å²) >= 11 is 3.07. The summed E-state index contributed by atoms with van der Waals surface area (Å²) < 4.78 is 24.4. The Morgan fingerprint density at radius 1 is 1.29 bits per heavy atom. The van der Waals surface area contributed by atoms with Gasteiger partial charge in [-0.3, -0.25) is 0 Å². The molecule has 1 heterocycles. The summed E-state index contributed by atoms with van der Waals surface area (Å²) in [6.45, 7) is 0. The number of hydrogen-bond donors (Lipinski definition) is 1. The predicted octanol–water partition coefficient (Wildman–Crippen LogP) is 1.31. The van der Waals surface area contributed by atoms with E-state index in [-0.39, 0.29) is 14.5 Å². The number of primary sulfonamides is 1. The first kappa shape index (κ1) is 10.4. The van der Waals surface area contributed by atoms with Crippen molar-refractivity contribution in [1.82, 2.24) is 0 Å². The van der Waals surface area contributed by atoms with E-state index in [1.807, 2.05) is 24.3 Å². The molecule has 0 bridgehead atoms.